The second-order valence-corrected chi connectivity index (χ2v) is 6.82. The number of hydrogen-bond donors (Lipinski definition) is 1. The average molecular weight is 371 g/mol. The van der Waals surface area contributed by atoms with Crippen LogP contribution in [-0.4, -0.2) is 23.0 Å². The Morgan fingerprint density at radius 1 is 1.22 bits per heavy atom. The van der Waals surface area contributed by atoms with E-state index in [1.54, 1.807) is 17.0 Å². The molecule has 1 amide bonds. The van der Waals surface area contributed by atoms with Crippen molar-refractivity contribution in [2.75, 3.05) is 4.90 Å². The molecule has 2 aromatic rings. The van der Waals surface area contributed by atoms with E-state index < -0.39 is 5.97 Å². The number of aliphatic carboxylic acids is 1. The number of carbonyl (C=O) groups excluding carboxylic acids is 1. The fourth-order valence-corrected chi connectivity index (χ4v) is 3.54. The molecule has 0 radical (unpaired) electrons. The molecule has 1 aliphatic heterocycles. The Morgan fingerprint density at radius 3 is 2.56 bits per heavy atom. The number of fused-ring (bicyclic) bond motifs is 1. The van der Waals surface area contributed by atoms with Gasteiger partial charge in [0, 0.05) is 31.4 Å². The topological polar surface area (TPSA) is 66.8 Å². The Bertz CT molecular complexity index is 850. The van der Waals surface area contributed by atoms with Gasteiger partial charge in [0.1, 0.15) is 17.7 Å². The number of hydrogen-bond acceptors (Lipinski definition) is 3. The lowest BCUT2D eigenvalue weighted by Crippen LogP contribution is -2.43. The lowest BCUT2D eigenvalue weighted by Gasteiger charge is -2.39. The van der Waals surface area contributed by atoms with Crippen molar-refractivity contribution in [2.45, 2.75) is 45.3 Å². The van der Waals surface area contributed by atoms with E-state index in [4.69, 9.17) is 9.84 Å². The highest BCUT2D eigenvalue weighted by atomic mass is 19.1. The Hall–Kier alpha value is -2.89. The van der Waals surface area contributed by atoms with E-state index in [0.717, 1.165) is 16.8 Å². The van der Waals surface area contributed by atoms with Crippen molar-refractivity contribution in [3.05, 3.63) is 59.4 Å². The number of carboxylic acids is 1. The van der Waals surface area contributed by atoms with Crippen LogP contribution in [-0.2, 0) is 16.0 Å². The average Bonchev–Trinajstić information content (AvgIpc) is 2.61. The van der Waals surface area contributed by atoms with Crippen molar-refractivity contribution in [3.63, 3.8) is 0 Å². The van der Waals surface area contributed by atoms with Gasteiger partial charge in [-0.25, -0.2) is 4.39 Å². The second-order valence-electron chi connectivity index (χ2n) is 6.82. The minimum Gasteiger partial charge on any atom is -0.486 e. The maximum atomic E-state index is 13.2. The molecule has 3 rings (SSSR count). The number of ether oxygens (including phenoxy) is 1. The third-order valence-electron chi connectivity index (χ3n) is 4.75. The Morgan fingerprint density at radius 2 is 1.93 bits per heavy atom. The number of halogens is 1. The highest BCUT2D eigenvalue weighted by Gasteiger charge is 2.33. The Kier molecular flexibility index (Phi) is 5.44. The van der Waals surface area contributed by atoms with Gasteiger partial charge in [-0.05, 0) is 55.3 Å². The highest BCUT2D eigenvalue weighted by Crippen LogP contribution is 2.40. The lowest BCUT2D eigenvalue weighted by molar-refractivity contribution is -0.137. The number of nitrogens with zero attached hydrogens (tertiary/aromatic N) is 1. The molecule has 0 fully saturated rings. The molecule has 0 spiro atoms. The standard InChI is InChI=1S/C21H22FNO4/c1-13-11-20(27-17-7-5-16(22)6-8-17)18-12-15(4-10-21(25)26)3-9-19(18)23(13)14(2)24/h3,5-9,12-13,20H,4,10-11H2,1-2H3,(H,25,26). The van der Waals surface area contributed by atoms with Crippen LogP contribution in [0.4, 0.5) is 10.1 Å². The van der Waals surface area contributed by atoms with E-state index in [-0.39, 0.29) is 30.3 Å². The molecule has 6 heteroatoms. The molecule has 27 heavy (non-hydrogen) atoms. The first kappa shape index (κ1) is 18.9. The lowest BCUT2D eigenvalue weighted by atomic mass is 9.91. The van der Waals surface area contributed by atoms with Gasteiger partial charge < -0.3 is 14.7 Å². The van der Waals surface area contributed by atoms with Gasteiger partial charge in [-0.1, -0.05) is 6.07 Å². The number of carbonyl (C=O) groups is 2. The fourth-order valence-electron chi connectivity index (χ4n) is 3.54. The van der Waals surface area contributed by atoms with Crippen molar-refractivity contribution in [3.8, 4) is 5.75 Å². The van der Waals surface area contributed by atoms with Crippen molar-refractivity contribution in [1.82, 2.24) is 0 Å². The molecule has 0 saturated heterocycles. The van der Waals surface area contributed by atoms with Crippen LogP contribution in [0.2, 0.25) is 0 Å². The molecule has 0 saturated carbocycles. The predicted octanol–water partition coefficient (Wildman–Crippen LogP) is 4.11. The summed E-state index contributed by atoms with van der Waals surface area (Å²) in [5.41, 5.74) is 2.49. The number of carboxylic acid groups (broad SMARTS) is 1. The molecule has 1 heterocycles. The summed E-state index contributed by atoms with van der Waals surface area (Å²) in [5, 5.41) is 8.92. The molecule has 0 bridgehead atoms. The molecule has 0 aromatic heterocycles. The molecule has 142 valence electrons. The summed E-state index contributed by atoms with van der Waals surface area (Å²) in [6.07, 6.45) is 0.726. The van der Waals surface area contributed by atoms with Gasteiger partial charge in [0.2, 0.25) is 5.91 Å². The largest absolute Gasteiger partial charge is 0.486 e. The van der Waals surface area contributed by atoms with Crippen LogP contribution in [0.15, 0.2) is 42.5 Å². The molecular weight excluding hydrogens is 349 g/mol. The van der Waals surface area contributed by atoms with E-state index >= 15 is 0 Å². The van der Waals surface area contributed by atoms with Gasteiger partial charge >= 0.3 is 5.97 Å². The summed E-state index contributed by atoms with van der Waals surface area (Å²) >= 11 is 0. The molecule has 5 nitrogen and oxygen atoms in total. The smallest absolute Gasteiger partial charge is 0.303 e. The van der Waals surface area contributed by atoms with Gasteiger partial charge in [0.15, 0.2) is 0 Å². The van der Waals surface area contributed by atoms with Gasteiger partial charge in [-0.3, -0.25) is 9.59 Å². The van der Waals surface area contributed by atoms with Gasteiger partial charge in [-0.15, -0.1) is 0 Å². The third kappa shape index (κ3) is 4.27. The minimum absolute atomic E-state index is 0.0368. The van der Waals surface area contributed by atoms with Crippen LogP contribution >= 0.6 is 0 Å². The van der Waals surface area contributed by atoms with E-state index in [9.17, 15) is 14.0 Å². The number of anilines is 1. The van der Waals surface area contributed by atoms with Gasteiger partial charge in [0.05, 0.1) is 5.69 Å². The number of aryl methyl sites for hydroxylation is 1. The summed E-state index contributed by atoms with van der Waals surface area (Å²) in [4.78, 5) is 24.7. The van der Waals surface area contributed by atoms with Gasteiger partial charge in [-0.2, -0.15) is 0 Å². The summed E-state index contributed by atoms with van der Waals surface area (Å²) in [7, 11) is 0. The minimum atomic E-state index is -0.856. The van der Waals surface area contributed by atoms with Crippen molar-refractivity contribution in [1.29, 1.82) is 0 Å². The zero-order chi connectivity index (χ0) is 19.6. The third-order valence-corrected chi connectivity index (χ3v) is 4.75. The van der Waals surface area contributed by atoms with Crippen molar-refractivity contribution >= 4 is 17.6 Å². The molecule has 1 N–H and O–H groups in total. The number of benzene rings is 2. The van der Waals surface area contributed by atoms with Crippen LogP contribution in [0.25, 0.3) is 0 Å². The summed E-state index contributed by atoms with van der Waals surface area (Å²) in [6, 6.07) is 11.4. The highest BCUT2D eigenvalue weighted by molar-refractivity contribution is 5.93. The van der Waals surface area contributed by atoms with Crippen LogP contribution in [0.3, 0.4) is 0 Å². The maximum Gasteiger partial charge on any atom is 0.303 e. The summed E-state index contributed by atoms with van der Waals surface area (Å²) in [5.74, 6) is -0.696. The maximum absolute atomic E-state index is 13.2. The zero-order valence-electron chi connectivity index (χ0n) is 15.3. The molecule has 1 aliphatic rings. The monoisotopic (exact) mass is 371 g/mol. The Balaban J connectivity index is 1.96. The molecular formula is C21H22FNO4. The first-order chi connectivity index (χ1) is 12.8. The SMILES string of the molecule is CC(=O)N1c2ccc(CCC(=O)O)cc2C(Oc2ccc(F)cc2)CC1C. The molecule has 0 aliphatic carbocycles. The van der Waals surface area contributed by atoms with E-state index in [0.29, 0.717) is 18.6 Å². The van der Waals surface area contributed by atoms with Crippen LogP contribution in [0.1, 0.15) is 43.9 Å². The van der Waals surface area contributed by atoms with Crippen molar-refractivity contribution in [2.24, 2.45) is 0 Å². The quantitative estimate of drug-likeness (QED) is 0.859. The van der Waals surface area contributed by atoms with E-state index in [1.165, 1.54) is 19.1 Å². The van der Waals surface area contributed by atoms with Crippen LogP contribution in [0, 0.1) is 5.82 Å². The summed E-state index contributed by atoms with van der Waals surface area (Å²) < 4.78 is 19.3. The van der Waals surface area contributed by atoms with Crippen LogP contribution < -0.4 is 9.64 Å². The van der Waals surface area contributed by atoms with Crippen LogP contribution in [0.5, 0.6) is 5.75 Å². The second kappa shape index (κ2) is 7.78. The summed E-state index contributed by atoms with van der Waals surface area (Å²) in [6.45, 7) is 3.49. The number of rotatable bonds is 5. The zero-order valence-corrected chi connectivity index (χ0v) is 15.3. The predicted molar refractivity (Wildman–Crippen MR) is 99.4 cm³/mol. The fraction of sp³-hybridized carbons (Fsp3) is 0.333. The first-order valence-corrected chi connectivity index (χ1v) is 8.92. The van der Waals surface area contributed by atoms with E-state index in [2.05, 4.69) is 0 Å². The van der Waals surface area contributed by atoms with Crippen molar-refractivity contribution < 1.29 is 23.8 Å². The number of amides is 1. The Labute approximate surface area is 157 Å². The van der Waals surface area contributed by atoms with E-state index in [1.807, 2.05) is 25.1 Å². The molecule has 2 unspecified atom stereocenters. The molecule has 2 atom stereocenters. The van der Waals surface area contributed by atoms with Gasteiger partial charge in [0.25, 0.3) is 0 Å². The normalized spacial score (nSPS) is 18.7. The molecule has 2 aromatic carbocycles. The first-order valence-electron chi connectivity index (χ1n) is 8.92.